The fraction of sp³-hybridized carbons (Fsp3) is 0.292. The predicted molar refractivity (Wildman–Crippen MR) is 126 cm³/mol. The summed E-state index contributed by atoms with van der Waals surface area (Å²) in [6.45, 7) is 4.60. The van der Waals surface area contributed by atoms with Gasteiger partial charge < -0.3 is 30.8 Å². The van der Waals surface area contributed by atoms with Crippen LogP contribution < -0.4 is 25.8 Å². The zero-order valence-electron chi connectivity index (χ0n) is 17.8. The van der Waals surface area contributed by atoms with Gasteiger partial charge in [-0.2, -0.15) is 0 Å². The van der Waals surface area contributed by atoms with Crippen LogP contribution >= 0.6 is 0 Å². The van der Waals surface area contributed by atoms with Crippen LogP contribution in [0.25, 0.3) is 10.9 Å². The molecule has 3 aromatic rings. The van der Waals surface area contributed by atoms with Crippen molar-refractivity contribution in [1.29, 1.82) is 0 Å². The number of hydrogen-bond acceptors (Lipinski definition) is 6. The molecular weight excluding hydrogens is 390 g/mol. The number of anilines is 1. The molecule has 162 valence electrons. The zero-order valence-corrected chi connectivity index (χ0v) is 17.8. The summed E-state index contributed by atoms with van der Waals surface area (Å²) >= 11 is 0. The van der Waals surface area contributed by atoms with Crippen LogP contribution in [0.1, 0.15) is 18.5 Å². The third-order valence-electron chi connectivity index (χ3n) is 5.46. The first-order valence-electron chi connectivity index (χ1n) is 10.5. The first kappa shape index (κ1) is 21.0. The van der Waals surface area contributed by atoms with E-state index in [1.165, 1.54) is 0 Å². The molecule has 0 radical (unpaired) electrons. The fourth-order valence-corrected chi connectivity index (χ4v) is 3.91. The van der Waals surface area contributed by atoms with E-state index in [1.54, 1.807) is 0 Å². The maximum absolute atomic E-state index is 6.17. The van der Waals surface area contributed by atoms with Crippen molar-refractivity contribution in [3.8, 4) is 11.5 Å². The lowest BCUT2D eigenvalue weighted by atomic mass is 10.1. The Morgan fingerprint density at radius 3 is 2.71 bits per heavy atom. The molecule has 2 aliphatic rings. The topological polar surface area (TPSA) is 96.9 Å². The van der Waals surface area contributed by atoms with Crippen LogP contribution in [0.2, 0.25) is 0 Å². The molecule has 0 spiro atoms. The van der Waals surface area contributed by atoms with Crippen molar-refractivity contribution in [2.24, 2.45) is 4.99 Å². The Labute approximate surface area is 182 Å². The predicted octanol–water partition coefficient (Wildman–Crippen LogP) is 4.54. The third-order valence-corrected chi connectivity index (χ3v) is 5.46. The minimum absolute atomic E-state index is 0. The molecule has 3 heterocycles. The van der Waals surface area contributed by atoms with Gasteiger partial charge >= 0.3 is 0 Å². The lowest BCUT2D eigenvalue weighted by molar-refractivity contribution is 0.162. The van der Waals surface area contributed by atoms with E-state index in [4.69, 9.17) is 9.47 Å². The second-order valence-corrected chi connectivity index (χ2v) is 7.79. The van der Waals surface area contributed by atoms with Crippen LogP contribution in [-0.4, -0.2) is 36.7 Å². The number of ether oxygens (including phenoxy) is 2. The number of benzene rings is 2. The number of nitrogens with zero attached hydrogens (tertiary/aromatic N) is 2. The highest BCUT2D eigenvalue weighted by Crippen LogP contribution is 2.26. The van der Waals surface area contributed by atoms with Gasteiger partial charge in [-0.3, -0.25) is 0 Å². The van der Waals surface area contributed by atoms with Crippen molar-refractivity contribution < 1.29 is 9.47 Å². The van der Waals surface area contributed by atoms with Crippen LogP contribution in [-0.2, 0) is 0 Å². The summed E-state index contributed by atoms with van der Waals surface area (Å²) in [6.07, 6.45) is 6.29. The highest BCUT2D eigenvalue weighted by Gasteiger charge is 2.16. The Bertz CT molecular complexity index is 1100. The van der Waals surface area contributed by atoms with Gasteiger partial charge in [-0.05, 0) is 69.3 Å². The zero-order chi connectivity index (χ0) is 20.3. The van der Waals surface area contributed by atoms with E-state index in [1.807, 2.05) is 42.6 Å². The summed E-state index contributed by atoms with van der Waals surface area (Å²) in [4.78, 5) is 10.00. The first-order valence-corrected chi connectivity index (χ1v) is 10.5. The van der Waals surface area contributed by atoms with Crippen LogP contribution in [0.4, 0.5) is 5.69 Å². The smallest absolute Gasteiger partial charge is 0.217 e. The van der Waals surface area contributed by atoms with Crippen LogP contribution in [0, 0.1) is 6.92 Å². The number of aliphatic imine (C=N–C) groups is 1. The molecule has 1 aromatic heterocycles. The summed E-state index contributed by atoms with van der Waals surface area (Å²) < 4.78 is 12.1. The molecule has 7 nitrogen and oxygen atoms in total. The number of aromatic nitrogens is 1. The molecule has 31 heavy (non-hydrogen) atoms. The average molecular weight is 420 g/mol. The highest BCUT2D eigenvalue weighted by molar-refractivity contribution is 5.92. The quantitative estimate of drug-likeness (QED) is 0.577. The molecule has 2 aliphatic heterocycles. The van der Waals surface area contributed by atoms with Gasteiger partial charge in [0.05, 0.1) is 0 Å². The molecule has 7 heteroatoms. The van der Waals surface area contributed by atoms with E-state index in [0.717, 1.165) is 59.7 Å². The van der Waals surface area contributed by atoms with Gasteiger partial charge in [-0.15, -0.1) is 0 Å². The van der Waals surface area contributed by atoms with Crippen molar-refractivity contribution in [3.05, 3.63) is 66.5 Å². The Morgan fingerprint density at radius 2 is 1.90 bits per heavy atom. The maximum Gasteiger partial charge on any atom is 0.217 e. The van der Waals surface area contributed by atoms with Crippen molar-refractivity contribution in [1.82, 2.24) is 16.5 Å². The maximum atomic E-state index is 6.17. The minimum atomic E-state index is 0. The molecule has 5 rings (SSSR count). The molecule has 0 bridgehead atoms. The minimum Gasteiger partial charge on any atom is -0.490 e. The third kappa shape index (κ3) is 4.90. The van der Waals surface area contributed by atoms with Gasteiger partial charge in [0.25, 0.3) is 0 Å². The molecule has 5 N–H and O–H groups in total. The Morgan fingerprint density at radius 1 is 1.03 bits per heavy atom. The van der Waals surface area contributed by atoms with Crippen molar-refractivity contribution >= 4 is 22.5 Å². The second-order valence-electron chi connectivity index (χ2n) is 7.79. The van der Waals surface area contributed by atoms with Gasteiger partial charge in [0.15, 0.2) is 0 Å². The summed E-state index contributed by atoms with van der Waals surface area (Å²) in [5.74, 6) is 2.31. The summed E-state index contributed by atoms with van der Waals surface area (Å²) in [7, 11) is 0. The molecule has 2 aromatic carbocycles. The molecule has 1 fully saturated rings. The molecule has 0 unspecified atom stereocenters. The van der Waals surface area contributed by atoms with Crippen molar-refractivity contribution in [2.45, 2.75) is 25.9 Å². The number of rotatable bonds is 4. The summed E-state index contributed by atoms with van der Waals surface area (Å²) in [5, 5.41) is 4.51. The summed E-state index contributed by atoms with van der Waals surface area (Å²) in [6, 6.07) is 16.3. The first-order chi connectivity index (χ1) is 14.7. The Kier molecular flexibility index (Phi) is 6.25. The number of nitrogens with one attached hydrogen (secondary N) is 2. The second kappa shape index (κ2) is 9.24. The van der Waals surface area contributed by atoms with Crippen LogP contribution in [0.3, 0.4) is 0 Å². The van der Waals surface area contributed by atoms with Gasteiger partial charge in [0.2, 0.25) is 5.90 Å². The molecule has 0 atom stereocenters. The molecular formula is C24H29N5O2. The van der Waals surface area contributed by atoms with Gasteiger partial charge in [0, 0.05) is 40.6 Å². The van der Waals surface area contributed by atoms with Crippen molar-refractivity contribution in [2.75, 3.05) is 24.7 Å². The highest BCUT2D eigenvalue weighted by atomic mass is 16.5. The van der Waals surface area contributed by atoms with E-state index in [9.17, 15) is 0 Å². The van der Waals surface area contributed by atoms with Crippen LogP contribution in [0.15, 0.2) is 65.8 Å². The average Bonchev–Trinajstić information content (AvgIpc) is 3.14. The van der Waals surface area contributed by atoms with Crippen LogP contribution in [0.5, 0.6) is 11.5 Å². The number of aryl methyl sites for hydroxylation is 1. The van der Waals surface area contributed by atoms with Gasteiger partial charge in [-0.1, -0.05) is 6.07 Å². The van der Waals surface area contributed by atoms with Gasteiger partial charge in [-0.25, -0.2) is 4.99 Å². The van der Waals surface area contributed by atoms with E-state index < -0.39 is 0 Å². The normalized spacial score (nSPS) is 16.7. The number of hydrogen-bond donors (Lipinski definition) is 3. The monoisotopic (exact) mass is 419 g/mol. The number of fused-ring (bicyclic) bond motifs is 1. The Balaban J connectivity index is 0.00000231. The standard InChI is InChI=1S/C24H26N4O2.H3N/c1-17-13-18-14-22(5-6-23(18)27-17)30-24-9-12-28(16-26-24)19-3-2-4-21(15-19)29-20-7-10-25-11-8-20;/h2-6,9,12-15,20,25,27H,7-8,10-11,16H2,1H3;1H3. The fourth-order valence-electron chi connectivity index (χ4n) is 3.91. The van der Waals surface area contributed by atoms with Crippen molar-refractivity contribution in [3.63, 3.8) is 0 Å². The van der Waals surface area contributed by atoms with E-state index in [-0.39, 0.29) is 12.3 Å². The Hall–Kier alpha value is -3.29. The lowest BCUT2D eigenvalue weighted by Crippen LogP contribution is -2.34. The summed E-state index contributed by atoms with van der Waals surface area (Å²) in [5.41, 5.74) is 3.31. The SMILES string of the molecule is Cc1cc2cc(OC3=NCN(c4cccc(OC5CCNCC5)c4)C=C3)ccc2[nH]1.N. The van der Waals surface area contributed by atoms with Gasteiger partial charge in [0.1, 0.15) is 24.3 Å². The number of H-pyrrole nitrogens is 1. The molecule has 0 aliphatic carbocycles. The number of piperidine rings is 1. The van der Waals surface area contributed by atoms with E-state index >= 15 is 0 Å². The molecule has 1 saturated heterocycles. The van der Waals surface area contributed by atoms with E-state index in [0.29, 0.717) is 12.6 Å². The van der Waals surface area contributed by atoms with E-state index in [2.05, 4.69) is 45.3 Å². The largest absolute Gasteiger partial charge is 0.490 e. The molecule has 0 amide bonds. The molecule has 0 saturated carbocycles. The number of aromatic amines is 1. The lowest BCUT2D eigenvalue weighted by Gasteiger charge is -2.25.